The number of anilines is 1. The van der Waals surface area contributed by atoms with Gasteiger partial charge in [0.25, 0.3) is 6.47 Å². The predicted molar refractivity (Wildman–Crippen MR) is 407 cm³/mol. The summed E-state index contributed by atoms with van der Waals surface area (Å²) in [5.41, 5.74) is 8.58. The van der Waals surface area contributed by atoms with Gasteiger partial charge in [-0.15, -0.1) is 9.24 Å². The molecular weight excluding hydrogens is 1240 g/mol. The predicted octanol–water partition coefficient (Wildman–Crippen LogP) is 15.0. The number of carbonyl (C=O) groups excluding carboxylic acids is 3. The number of ketones is 1. The van der Waals surface area contributed by atoms with Gasteiger partial charge in [-0.1, -0.05) is 90.8 Å². The number of ether oxygens (including phenoxy) is 2. The van der Waals surface area contributed by atoms with Gasteiger partial charge in [0, 0.05) is 105 Å². The van der Waals surface area contributed by atoms with E-state index in [1.807, 2.05) is 30.7 Å². The molecule has 14 nitrogen and oxygen atoms in total. The molecule has 3 aromatic carbocycles. The second-order valence-corrected chi connectivity index (χ2v) is 30.9. The van der Waals surface area contributed by atoms with Gasteiger partial charge in [-0.05, 0) is 250 Å². The van der Waals surface area contributed by atoms with E-state index in [0.717, 1.165) is 72.4 Å². The number of aryl methyl sites for hydroxylation is 2. The fourth-order valence-corrected chi connectivity index (χ4v) is 16.5. The summed E-state index contributed by atoms with van der Waals surface area (Å²) in [4.78, 5) is 55.5. The number of amides is 1. The van der Waals surface area contributed by atoms with Crippen LogP contribution >= 0.6 is 9.24 Å². The van der Waals surface area contributed by atoms with Crippen molar-refractivity contribution >= 4 is 67.5 Å². The minimum atomic E-state index is -0.834. The molecule has 1 aromatic heterocycles. The Balaban J connectivity index is 0.000000195. The first-order chi connectivity index (χ1) is 46.8. The van der Waals surface area contributed by atoms with Crippen molar-refractivity contribution < 1.29 is 38.5 Å². The van der Waals surface area contributed by atoms with Crippen LogP contribution in [-0.4, -0.2) is 157 Å². The van der Waals surface area contributed by atoms with Gasteiger partial charge < -0.3 is 39.3 Å². The number of benzene rings is 3. The number of Topliss-reactive ketones (excluding diaryl/α,β-unsaturated/α-hetero) is 1. The van der Waals surface area contributed by atoms with Gasteiger partial charge >= 0.3 is 0 Å². The van der Waals surface area contributed by atoms with E-state index in [1.54, 1.807) is 49.6 Å². The van der Waals surface area contributed by atoms with E-state index < -0.39 is 5.60 Å². The van der Waals surface area contributed by atoms with Gasteiger partial charge in [0.15, 0.2) is 5.90 Å². The molecule has 2 N–H and O–H groups in total. The Kier molecular flexibility index (Phi) is 30.9. The topological polar surface area (TPSA) is 152 Å². The second kappa shape index (κ2) is 37.9. The summed E-state index contributed by atoms with van der Waals surface area (Å²) in [6.07, 6.45) is 27.1. The minimum Gasteiger partial charge on any atom is -0.508 e. The molecule has 7 fully saturated rings. The maximum absolute atomic E-state index is 14.7. The van der Waals surface area contributed by atoms with Crippen LogP contribution < -0.4 is 20.6 Å². The van der Waals surface area contributed by atoms with Crippen LogP contribution in [-0.2, 0) is 30.3 Å². The number of likely N-dealkylation sites (tertiary alicyclic amines) is 3. The van der Waals surface area contributed by atoms with Crippen LogP contribution in [0.4, 0.5) is 10.1 Å². The standard InChI is InChI=1S/C28H33FN3O3P.C27H43N3O.C15H26O.C9H15NO2.C3H8/c1-6-20-23(29)9-8-18-12-19(33)13-21(24(18)20)25-26(36)16(2)22(14-30-25)27(31-17(3)35-5)32-11-7-10-28(4,34)15-32;1-5-6-26(31)29(4)25-17-24(8-7-21(25)2)23-11-15-30(16-12-23)18-22-9-13-27(14-10-22)19-28(3)20-27;1-5-11(2)15(16)13(4)10-9-12(3)14-7-6-8-14;11-7-12-6-9-4-3-8-2-1-5-10(8)9;1-3-2/h8-9,12-14,33-34H,2,6-7,10-11,15,36H2,1,3-5H3;7-8,17,22-23H,5-6,9-16,18-20H2,1-4H3;11,13H,5-10H2,1-4H3;7-9H,1-6H2;3H2,1-2H3/b27-22+,31-17+;;;;/t28-;;;;/m1..../s1. The number of phenolic OH excluding ortho intramolecular Hbond substituents is 1. The first-order valence-corrected chi connectivity index (χ1v) is 38.2. The number of nitrogens with zero attached hydrogens (tertiary/aromatic N) is 7. The number of hydrogen-bond acceptors (Lipinski definition) is 13. The molecule has 1 amide bonds. The highest BCUT2D eigenvalue weighted by Crippen LogP contribution is 2.46. The molecule has 542 valence electrons. The van der Waals surface area contributed by atoms with Crippen molar-refractivity contribution in [3.8, 4) is 17.0 Å². The minimum absolute atomic E-state index is 0.0789. The van der Waals surface area contributed by atoms with Crippen molar-refractivity contribution in [2.24, 2.45) is 28.2 Å². The number of carbonyl (C=O) groups is 3. The van der Waals surface area contributed by atoms with Crippen LogP contribution in [0.1, 0.15) is 227 Å². The zero-order chi connectivity index (χ0) is 71.4. The molecule has 7 aliphatic rings. The highest BCUT2D eigenvalue weighted by Gasteiger charge is 2.44. The molecule has 5 saturated heterocycles. The number of aromatic hydroxyl groups is 1. The lowest BCUT2D eigenvalue weighted by Gasteiger charge is -2.52. The highest BCUT2D eigenvalue weighted by molar-refractivity contribution is 7.27. The first-order valence-electron chi connectivity index (χ1n) is 37.6. The van der Waals surface area contributed by atoms with E-state index in [4.69, 9.17) is 19.5 Å². The molecule has 11 rings (SSSR count). The average Bonchev–Trinajstić information content (AvgIpc) is 0.766. The summed E-state index contributed by atoms with van der Waals surface area (Å²) in [7, 11) is 8.46. The summed E-state index contributed by atoms with van der Waals surface area (Å²) in [5, 5.41) is 24.8. The number of hydrogen-bond donors (Lipinski definition) is 2. The number of phenols is 1. The van der Waals surface area contributed by atoms with Gasteiger partial charge in [-0.3, -0.25) is 24.3 Å². The number of aliphatic hydroxyl groups is 1. The van der Waals surface area contributed by atoms with Crippen LogP contribution in [0.25, 0.3) is 34.4 Å². The Hall–Kier alpha value is -5.57. The summed E-state index contributed by atoms with van der Waals surface area (Å²) < 4.78 is 24.9. The number of halogens is 1. The molecule has 4 aromatic rings. The first kappa shape index (κ1) is 79.8. The smallest absolute Gasteiger partial charge is 0.293 e. The van der Waals surface area contributed by atoms with E-state index in [1.165, 1.54) is 146 Å². The summed E-state index contributed by atoms with van der Waals surface area (Å²) >= 11 is 0. The molecule has 16 heteroatoms. The summed E-state index contributed by atoms with van der Waals surface area (Å²) in [6.45, 7) is 36.7. The van der Waals surface area contributed by atoms with Gasteiger partial charge in [-0.2, -0.15) is 4.99 Å². The van der Waals surface area contributed by atoms with Crippen LogP contribution in [0.5, 0.6) is 5.75 Å². The third-order valence-electron chi connectivity index (χ3n) is 22.3. The lowest BCUT2D eigenvalue weighted by atomic mass is 9.66. The molecule has 2 saturated carbocycles. The zero-order valence-corrected chi connectivity index (χ0v) is 64.0. The van der Waals surface area contributed by atoms with Crippen LogP contribution in [0.3, 0.4) is 0 Å². The van der Waals surface area contributed by atoms with E-state index in [9.17, 15) is 29.0 Å². The normalized spacial score (nSPS) is 22.0. The van der Waals surface area contributed by atoms with Gasteiger partial charge in [-0.25, -0.2) is 4.39 Å². The lowest BCUT2D eigenvalue weighted by Crippen LogP contribution is -2.56. The fraction of sp³-hybridized carbons (Fsp3) is 0.646. The average molecular weight is 1370 g/mol. The molecule has 5 unspecified atom stereocenters. The largest absolute Gasteiger partial charge is 0.508 e. The zero-order valence-electron chi connectivity index (χ0n) is 62.8. The molecule has 6 atom stereocenters. The highest BCUT2D eigenvalue weighted by atomic mass is 31.0. The molecule has 2 aliphatic carbocycles. The number of fused-ring (bicyclic) bond motifs is 2. The van der Waals surface area contributed by atoms with E-state index in [2.05, 4.69) is 111 Å². The van der Waals surface area contributed by atoms with Gasteiger partial charge in [0.05, 0.1) is 18.4 Å². The number of methoxy groups -OCH3 is 1. The van der Waals surface area contributed by atoms with Crippen molar-refractivity contribution in [3.63, 3.8) is 0 Å². The van der Waals surface area contributed by atoms with Crippen LogP contribution in [0.2, 0.25) is 0 Å². The Morgan fingerprint density at radius 2 is 1.60 bits per heavy atom. The van der Waals surface area contributed by atoms with Crippen LogP contribution in [0.15, 0.2) is 64.8 Å². The Labute approximate surface area is 591 Å². The maximum Gasteiger partial charge on any atom is 0.293 e. The number of β-amino-alcohol motifs (C(OH)–C–C–N with tert-alkyl or cyclic N) is 1. The lowest BCUT2D eigenvalue weighted by molar-refractivity contribution is -0.130. The molecule has 0 bridgehead atoms. The number of piperidine rings is 2. The van der Waals surface area contributed by atoms with E-state index in [-0.39, 0.29) is 29.3 Å². The number of allylic oxidation sites excluding steroid dienone is 2. The third-order valence-corrected chi connectivity index (χ3v) is 22.9. The van der Waals surface area contributed by atoms with Crippen molar-refractivity contribution in [2.45, 2.75) is 241 Å². The molecule has 5 aliphatic heterocycles. The third kappa shape index (κ3) is 21.3. The Morgan fingerprint density at radius 3 is 2.21 bits per heavy atom. The van der Waals surface area contributed by atoms with Crippen molar-refractivity contribution in [1.82, 2.24) is 24.6 Å². The van der Waals surface area contributed by atoms with Crippen molar-refractivity contribution in [3.05, 3.63) is 92.8 Å². The second-order valence-electron chi connectivity index (χ2n) is 30.3. The van der Waals surface area contributed by atoms with Crippen molar-refractivity contribution in [2.75, 3.05) is 85.1 Å². The quantitative estimate of drug-likeness (QED) is 0.0302. The summed E-state index contributed by atoms with van der Waals surface area (Å²) in [5.74, 6) is 3.60. The molecule has 6 heterocycles. The van der Waals surface area contributed by atoms with E-state index in [0.29, 0.717) is 101 Å². The van der Waals surface area contributed by atoms with Gasteiger partial charge in [0.1, 0.15) is 29.8 Å². The Bertz CT molecular complexity index is 3450. The SMILES string of the molecule is C=c1c(P)c(-c2cc(O)cc3ccc(F)c(CC)c23)nc/c1=C(/N=C(\C)OC)N1CCC[C@@](C)(O)C1.CCC.CCC(C)C(=O)C(C)CCC(C)=C1CCC1.CCCC(=O)N(C)c1cc(C2CCN(CC3CCC4(CC3)CN(C)C4)CC2)ccc1C.O=COCC1CCC2CCCN21. The number of aliphatic imine (C=N–C) groups is 1. The van der Waals surface area contributed by atoms with Gasteiger partial charge in [0.2, 0.25) is 5.91 Å². The fourth-order valence-electron chi connectivity index (χ4n) is 16.1. The Morgan fingerprint density at radius 1 is 0.898 bits per heavy atom. The molecule has 1 spiro atoms. The number of rotatable bonds is 19. The molecular formula is C82H125FN7O7P. The number of aromatic nitrogens is 1. The monoisotopic (exact) mass is 1370 g/mol. The number of pyridine rings is 1. The van der Waals surface area contributed by atoms with E-state index >= 15 is 0 Å². The molecule has 0 radical (unpaired) electrons. The summed E-state index contributed by atoms with van der Waals surface area (Å²) in [6, 6.07) is 14.5. The molecule has 98 heavy (non-hydrogen) atoms. The van der Waals surface area contributed by atoms with Crippen LogP contribution in [0, 0.1) is 35.9 Å². The van der Waals surface area contributed by atoms with Crippen molar-refractivity contribution in [1.29, 1.82) is 0 Å². The maximum atomic E-state index is 14.7.